The zero-order valence-electron chi connectivity index (χ0n) is 14.8. The molecule has 0 atom stereocenters. The zero-order chi connectivity index (χ0) is 19.1. The van der Waals surface area contributed by atoms with E-state index in [2.05, 4.69) is 10.1 Å². The van der Waals surface area contributed by atoms with Crippen LogP contribution in [-0.4, -0.2) is 33.1 Å². The Bertz CT molecular complexity index is 861. The van der Waals surface area contributed by atoms with Gasteiger partial charge in [0.05, 0.1) is 12.7 Å². The first-order chi connectivity index (χ1) is 12.4. The molecule has 6 nitrogen and oxygen atoms in total. The minimum absolute atomic E-state index is 0.0347. The Morgan fingerprint density at radius 2 is 1.69 bits per heavy atom. The molecule has 0 aliphatic heterocycles. The minimum atomic E-state index is -0.498. The number of amides is 1. The number of hydrogen-bond donors (Lipinski definition) is 1. The Kier molecular flexibility index (Phi) is 6.12. The van der Waals surface area contributed by atoms with E-state index in [1.807, 2.05) is 37.2 Å². The van der Waals surface area contributed by atoms with Crippen molar-refractivity contribution in [3.8, 4) is 6.07 Å². The lowest BCUT2D eigenvalue weighted by Gasteiger charge is -2.12. The first-order valence-corrected chi connectivity index (χ1v) is 7.83. The van der Waals surface area contributed by atoms with Crippen molar-refractivity contribution in [1.29, 1.82) is 5.26 Å². The lowest BCUT2D eigenvalue weighted by molar-refractivity contribution is -0.112. The number of carbonyl (C=O) groups excluding carboxylic acids is 2. The number of ether oxygens (including phenoxy) is 1. The Balaban J connectivity index is 2.13. The Morgan fingerprint density at radius 1 is 1.08 bits per heavy atom. The van der Waals surface area contributed by atoms with Crippen LogP contribution in [0.25, 0.3) is 6.08 Å². The summed E-state index contributed by atoms with van der Waals surface area (Å²) < 4.78 is 4.63. The van der Waals surface area contributed by atoms with Crippen molar-refractivity contribution in [1.82, 2.24) is 0 Å². The number of hydrogen-bond acceptors (Lipinski definition) is 5. The van der Waals surface area contributed by atoms with Gasteiger partial charge in [-0.15, -0.1) is 0 Å². The van der Waals surface area contributed by atoms with E-state index < -0.39 is 11.9 Å². The van der Waals surface area contributed by atoms with E-state index in [1.165, 1.54) is 13.2 Å². The van der Waals surface area contributed by atoms with Gasteiger partial charge in [0.1, 0.15) is 11.6 Å². The molecule has 0 bridgehead atoms. The minimum Gasteiger partial charge on any atom is -0.465 e. The standard InChI is InChI=1S/C20H19N3O3/c1-23(2)18-10-8-17(9-11-18)22-19(24)16(13-21)12-14-4-6-15(7-5-14)20(25)26-3/h4-12H,1-3H3,(H,22,24)/b16-12-. The molecule has 0 fully saturated rings. The molecule has 1 amide bonds. The molecule has 132 valence electrons. The Labute approximate surface area is 152 Å². The Hall–Kier alpha value is -3.59. The van der Waals surface area contributed by atoms with Crippen LogP contribution in [0.1, 0.15) is 15.9 Å². The normalized spacial score (nSPS) is 10.6. The predicted octanol–water partition coefficient (Wildman–Crippen LogP) is 3.08. The maximum Gasteiger partial charge on any atom is 0.337 e. The molecule has 0 aliphatic carbocycles. The molecule has 6 heteroatoms. The van der Waals surface area contributed by atoms with Crippen molar-refractivity contribution >= 4 is 29.3 Å². The second-order valence-electron chi connectivity index (χ2n) is 5.68. The topological polar surface area (TPSA) is 82.4 Å². The molecule has 1 N–H and O–H groups in total. The molecule has 2 rings (SSSR count). The fourth-order valence-electron chi connectivity index (χ4n) is 2.19. The first-order valence-electron chi connectivity index (χ1n) is 7.83. The van der Waals surface area contributed by atoms with Gasteiger partial charge in [-0.2, -0.15) is 5.26 Å². The van der Waals surface area contributed by atoms with Gasteiger partial charge in [-0.05, 0) is 48.0 Å². The van der Waals surface area contributed by atoms with E-state index in [4.69, 9.17) is 0 Å². The number of nitrogens with zero attached hydrogens (tertiary/aromatic N) is 2. The van der Waals surface area contributed by atoms with E-state index in [0.29, 0.717) is 16.8 Å². The van der Waals surface area contributed by atoms with Crippen LogP contribution < -0.4 is 10.2 Å². The lowest BCUT2D eigenvalue weighted by atomic mass is 10.1. The van der Waals surface area contributed by atoms with Crippen LogP contribution in [0.3, 0.4) is 0 Å². The van der Waals surface area contributed by atoms with E-state index >= 15 is 0 Å². The van der Waals surface area contributed by atoms with E-state index in [9.17, 15) is 14.9 Å². The number of nitriles is 1. The molecule has 2 aromatic rings. The number of methoxy groups -OCH3 is 1. The second-order valence-corrected chi connectivity index (χ2v) is 5.68. The van der Waals surface area contributed by atoms with Gasteiger partial charge in [-0.25, -0.2) is 4.79 Å². The van der Waals surface area contributed by atoms with Crippen molar-refractivity contribution in [3.05, 3.63) is 65.2 Å². The van der Waals surface area contributed by atoms with Crippen LogP contribution in [0.15, 0.2) is 54.1 Å². The number of esters is 1. The predicted molar refractivity (Wildman–Crippen MR) is 101 cm³/mol. The highest BCUT2D eigenvalue weighted by molar-refractivity contribution is 6.09. The van der Waals surface area contributed by atoms with Crippen LogP contribution >= 0.6 is 0 Å². The maximum atomic E-state index is 12.3. The van der Waals surface area contributed by atoms with Gasteiger partial charge in [-0.3, -0.25) is 4.79 Å². The average Bonchev–Trinajstić information content (AvgIpc) is 2.66. The van der Waals surface area contributed by atoms with Gasteiger partial charge in [0.25, 0.3) is 5.91 Å². The summed E-state index contributed by atoms with van der Waals surface area (Å²) in [6, 6.07) is 15.6. The smallest absolute Gasteiger partial charge is 0.337 e. The van der Waals surface area contributed by atoms with Crippen LogP contribution in [0.5, 0.6) is 0 Å². The molecule has 0 aromatic heterocycles. The summed E-state index contributed by atoms with van der Waals surface area (Å²) in [4.78, 5) is 25.7. The van der Waals surface area contributed by atoms with Crippen molar-refractivity contribution in [2.24, 2.45) is 0 Å². The monoisotopic (exact) mass is 349 g/mol. The summed E-state index contributed by atoms with van der Waals surface area (Å²) in [6.45, 7) is 0. The summed E-state index contributed by atoms with van der Waals surface area (Å²) >= 11 is 0. The number of anilines is 2. The van der Waals surface area contributed by atoms with E-state index in [0.717, 1.165) is 5.69 Å². The second kappa shape index (κ2) is 8.49. The largest absolute Gasteiger partial charge is 0.465 e. The van der Waals surface area contributed by atoms with Crippen molar-refractivity contribution in [2.75, 3.05) is 31.4 Å². The molecule has 0 spiro atoms. The molecule has 0 saturated heterocycles. The van der Waals surface area contributed by atoms with E-state index in [1.54, 1.807) is 36.4 Å². The summed E-state index contributed by atoms with van der Waals surface area (Å²) in [5.74, 6) is -0.943. The lowest BCUT2D eigenvalue weighted by Crippen LogP contribution is -2.14. The third kappa shape index (κ3) is 4.71. The van der Waals surface area contributed by atoms with Gasteiger partial charge in [0.15, 0.2) is 0 Å². The SMILES string of the molecule is COC(=O)c1ccc(/C=C(/C#N)C(=O)Nc2ccc(N(C)C)cc2)cc1. The number of benzene rings is 2. The molecule has 26 heavy (non-hydrogen) atoms. The van der Waals surface area contributed by atoms with Gasteiger partial charge in [-0.1, -0.05) is 12.1 Å². The van der Waals surface area contributed by atoms with Gasteiger partial charge in [0.2, 0.25) is 0 Å². The molecule has 0 unspecified atom stereocenters. The molecule has 0 aliphatic rings. The summed E-state index contributed by atoms with van der Waals surface area (Å²) in [5, 5.41) is 12.0. The number of nitrogens with one attached hydrogen (secondary N) is 1. The van der Waals surface area contributed by atoms with E-state index in [-0.39, 0.29) is 5.57 Å². The van der Waals surface area contributed by atoms with Gasteiger partial charge in [0, 0.05) is 25.5 Å². The van der Waals surface area contributed by atoms with Gasteiger partial charge < -0.3 is 15.0 Å². The zero-order valence-corrected chi connectivity index (χ0v) is 14.8. The molecule has 0 saturated carbocycles. The summed E-state index contributed by atoms with van der Waals surface area (Å²) in [7, 11) is 5.16. The van der Waals surface area contributed by atoms with Crippen LogP contribution in [0, 0.1) is 11.3 Å². The van der Waals surface area contributed by atoms with Gasteiger partial charge >= 0.3 is 5.97 Å². The fourth-order valence-corrected chi connectivity index (χ4v) is 2.19. The number of carbonyl (C=O) groups is 2. The third-order valence-corrected chi connectivity index (χ3v) is 3.65. The molecular weight excluding hydrogens is 330 g/mol. The van der Waals surface area contributed by atoms with Crippen LogP contribution in [-0.2, 0) is 9.53 Å². The number of rotatable bonds is 5. The van der Waals surface area contributed by atoms with Crippen LogP contribution in [0.2, 0.25) is 0 Å². The van der Waals surface area contributed by atoms with Crippen molar-refractivity contribution < 1.29 is 14.3 Å². The fraction of sp³-hybridized carbons (Fsp3) is 0.150. The highest BCUT2D eigenvalue weighted by Crippen LogP contribution is 2.17. The molecule has 0 heterocycles. The highest BCUT2D eigenvalue weighted by Gasteiger charge is 2.10. The van der Waals surface area contributed by atoms with Crippen molar-refractivity contribution in [3.63, 3.8) is 0 Å². The third-order valence-electron chi connectivity index (χ3n) is 3.65. The average molecular weight is 349 g/mol. The summed E-state index contributed by atoms with van der Waals surface area (Å²) in [5.41, 5.74) is 2.60. The summed E-state index contributed by atoms with van der Waals surface area (Å²) in [6.07, 6.45) is 1.46. The highest BCUT2D eigenvalue weighted by atomic mass is 16.5. The molecular formula is C20H19N3O3. The Morgan fingerprint density at radius 3 is 2.19 bits per heavy atom. The maximum absolute atomic E-state index is 12.3. The van der Waals surface area contributed by atoms with Crippen molar-refractivity contribution in [2.45, 2.75) is 0 Å². The molecule has 0 radical (unpaired) electrons. The first kappa shape index (κ1) is 18.7. The van der Waals surface area contributed by atoms with Crippen LogP contribution in [0.4, 0.5) is 11.4 Å². The molecule has 2 aromatic carbocycles. The quantitative estimate of drug-likeness (QED) is 0.509.